The Morgan fingerprint density at radius 2 is 1.63 bits per heavy atom. The summed E-state index contributed by atoms with van der Waals surface area (Å²) < 4.78 is 6.18. The molecule has 1 heterocycles. The topological polar surface area (TPSA) is 44.8 Å². The molecule has 0 spiro atoms. The van der Waals surface area contributed by atoms with Gasteiger partial charge >= 0.3 is 6.03 Å². The fraction of sp³-hybridized carbons (Fsp3) is 0.682. The number of piperazine rings is 1. The van der Waals surface area contributed by atoms with Crippen LogP contribution >= 0.6 is 0 Å². The highest BCUT2D eigenvalue weighted by molar-refractivity contribution is 5.74. The maximum atomic E-state index is 12.6. The first-order chi connectivity index (χ1) is 13.3. The maximum Gasteiger partial charge on any atom is 0.317 e. The first kappa shape index (κ1) is 18.6. The van der Waals surface area contributed by atoms with Gasteiger partial charge in [0.2, 0.25) is 0 Å². The molecule has 1 saturated heterocycles. The molecule has 4 rings (SSSR count). The summed E-state index contributed by atoms with van der Waals surface area (Å²) in [6, 6.07) is 8.93. The van der Waals surface area contributed by atoms with Crippen molar-refractivity contribution in [3.05, 3.63) is 29.8 Å². The molecule has 148 valence electrons. The molecule has 2 amide bonds. The van der Waals surface area contributed by atoms with Gasteiger partial charge < -0.3 is 15.0 Å². The van der Waals surface area contributed by atoms with Crippen molar-refractivity contribution in [2.45, 2.75) is 70.1 Å². The summed E-state index contributed by atoms with van der Waals surface area (Å²) in [6.45, 7) is 4.23. The minimum atomic E-state index is 0.0525. The zero-order valence-electron chi connectivity index (χ0n) is 16.4. The van der Waals surface area contributed by atoms with Crippen LogP contribution in [0.1, 0.15) is 56.9 Å². The smallest absolute Gasteiger partial charge is 0.317 e. The molecule has 0 bridgehead atoms. The number of nitrogens with zero attached hydrogens (tertiary/aromatic N) is 2. The number of rotatable bonds is 5. The summed E-state index contributed by atoms with van der Waals surface area (Å²) >= 11 is 0. The molecule has 0 atom stereocenters. The molecule has 2 saturated carbocycles. The van der Waals surface area contributed by atoms with E-state index >= 15 is 0 Å². The number of carbonyl (C=O) groups is 1. The highest BCUT2D eigenvalue weighted by Crippen LogP contribution is 2.27. The van der Waals surface area contributed by atoms with Gasteiger partial charge in [-0.15, -0.1) is 0 Å². The Labute approximate surface area is 163 Å². The predicted octanol–water partition coefficient (Wildman–Crippen LogP) is 3.78. The third-order valence-electron chi connectivity index (χ3n) is 6.44. The van der Waals surface area contributed by atoms with E-state index in [0.717, 1.165) is 56.4 Å². The van der Waals surface area contributed by atoms with Crippen LogP contribution in [0.3, 0.4) is 0 Å². The van der Waals surface area contributed by atoms with E-state index in [4.69, 9.17) is 4.74 Å². The summed E-state index contributed by atoms with van der Waals surface area (Å²) in [6.07, 6.45) is 10.6. The lowest BCUT2D eigenvalue weighted by atomic mass is 10.2. The molecule has 5 nitrogen and oxygen atoms in total. The number of benzene rings is 1. The number of hydrogen-bond acceptors (Lipinski definition) is 3. The average molecular weight is 372 g/mol. The van der Waals surface area contributed by atoms with E-state index in [0.29, 0.717) is 12.6 Å². The van der Waals surface area contributed by atoms with E-state index in [-0.39, 0.29) is 6.03 Å². The molecule has 1 aliphatic heterocycles. The van der Waals surface area contributed by atoms with E-state index in [9.17, 15) is 4.79 Å². The fourth-order valence-corrected chi connectivity index (χ4v) is 4.79. The quantitative estimate of drug-likeness (QED) is 0.857. The predicted molar refractivity (Wildman–Crippen MR) is 107 cm³/mol. The van der Waals surface area contributed by atoms with Crippen LogP contribution in [-0.4, -0.2) is 54.2 Å². The van der Waals surface area contributed by atoms with Crippen molar-refractivity contribution >= 4 is 6.03 Å². The van der Waals surface area contributed by atoms with Crippen molar-refractivity contribution in [3.8, 4) is 5.75 Å². The van der Waals surface area contributed by atoms with Crippen molar-refractivity contribution in [2.24, 2.45) is 0 Å². The molecule has 2 aliphatic carbocycles. The van der Waals surface area contributed by atoms with Crippen LogP contribution in [-0.2, 0) is 6.54 Å². The van der Waals surface area contributed by atoms with Crippen LogP contribution in [0.15, 0.2) is 24.3 Å². The van der Waals surface area contributed by atoms with E-state index < -0.39 is 0 Å². The standard InChI is InChI=1S/C22H33N3O2/c26-22(25-15-13-24(14-16-25)19-8-2-3-9-19)23-17-18-7-1-6-12-21(18)27-20-10-4-5-11-20/h1,6-7,12,19-20H,2-5,8-11,13-17H2,(H,23,26). The van der Waals surface area contributed by atoms with Gasteiger partial charge in [0.05, 0.1) is 6.10 Å². The Hall–Kier alpha value is -1.75. The Morgan fingerprint density at radius 1 is 0.963 bits per heavy atom. The lowest BCUT2D eigenvalue weighted by molar-refractivity contribution is 0.109. The number of urea groups is 1. The minimum Gasteiger partial charge on any atom is -0.490 e. The molecular weight excluding hydrogens is 338 g/mol. The summed E-state index contributed by atoms with van der Waals surface area (Å²) in [5.41, 5.74) is 1.07. The Morgan fingerprint density at radius 3 is 2.37 bits per heavy atom. The molecule has 3 aliphatic rings. The van der Waals surface area contributed by atoms with Gasteiger partial charge in [-0.2, -0.15) is 0 Å². The molecule has 0 radical (unpaired) electrons. The molecule has 3 fully saturated rings. The zero-order valence-corrected chi connectivity index (χ0v) is 16.4. The average Bonchev–Trinajstić information content (AvgIpc) is 3.41. The highest BCUT2D eigenvalue weighted by atomic mass is 16.5. The summed E-state index contributed by atoms with van der Waals surface area (Å²) in [4.78, 5) is 17.2. The van der Waals surface area contributed by atoms with Crippen LogP contribution in [0.2, 0.25) is 0 Å². The van der Waals surface area contributed by atoms with Crippen molar-refractivity contribution in [1.82, 2.24) is 15.1 Å². The molecule has 1 aromatic rings. The minimum absolute atomic E-state index is 0.0525. The van der Waals surface area contributed by atoms with Gasteiger partial charge in [0, 0.05) is 44.3 Å². The van der Waals surface area contributed by atoms with Crippen LogP contribution in [0, 0.1) is 0 Å². The van der Waals surface area contributed by atoms with E-state index in [2.05, 4.69) is 16.3 Å². The largest absolute Gasteiger partial charge is 0.490 e. The highest BCUT2D eigenvalue weighted by Gasteiger charge is 2.27. The number of hydrogen-bond donors (Lipinski definition) is 1. The third kappa shape index (κ3) is 4.75. The second-order valence-electron chi connectivity index (χ2n) is 8.25. The number of carbonyl (C=O) groups excluding carboxylic acids is 1. The zero-order chi connectivity index (χ0) is 18.5. The number of para-hydroxylation sites is 1. The van der Waals surface area contributed by atoms with Gasteiger partial charge in [0.1, 0.15) is 5.75 Å². The summed E-state index contributed by atoms with van der Waals surface area (Å²) in [5, 5.41) is 3.11. The van der Waals surface area contributed by atoms with Gasteiger partial charge in [-0.25, -0.2) is 4.79 Å². The molecule has 1 N–H and O–H groups in total. The molecule has 1 aromatic carbocycles. The second kappa shape index (κ2) is 8.96. The molecule has 27 heavy (non-hydrogen) atoms. The van der Waals surface area contributed by atoms with Crippen LogP contribution < -0.4 is 10.1 Å². The first-order valence-electron chi connectivity index (χ1n) is 10.8. The van der Waals surface area contributed by atoms with Gasteiger partial charge in [-0.3, -0.25) is 4.90 Å². The third-order valence-corrected chi connectivity index (χ3v) is 6.44. The molecule has 0 unspecified atom stereocenters. The molecule has 5 heteroatoms. The van der Waals surface area contributed by atoms with E-state index in [1.807, 2.05) is 23.1 Å². The Balaban J connectivity index is 1.26. The van der Waals surface area contributed by atoms with Crippen LogP contribution in [0.25, 0.3) is 0 Å². The van der Waals surface area contributed by atoms with Gasteiger partial charge in [-0.05, 0) is 44.6 Å². The van der Waals surface area contributed by atoms with Crippen molar-refractivity contribution in [2.75, 3.05) is 26.2 Å². The van der Waals surface area contributed by atoms with Gasteiger partial charge in [0.25, 0.3) is 0 Å². The summed E-state index contributed by atoms with van der Waals surface area (Å²) in [7, 11) is 0. The Bertz CT molecular complexity index is 616. The number of nitrogens with one attached hydrogen (secondary N) is 1. The van der Waals surface area contributed by atoms with E-state index in [1.54, 1.807) is 0 Å². The second-order valence-corrected chi connectivity index (χ2v) is 8.25. The van der Waals surface area contributed by atoms with Crippen molar-refractivity contribution in [1.29, 1.82) is 0 Å². The van der Waals surface area contributed by atoms with Crippen LogP contribution in [0.5, 0.6) is 5.75 Å². The van der Waals surface area contributed by atoms with Gasteiger partial charge in [-0.1, -0.05) is 31.0 Å². The monoisotopic (exact) mass is 371 g/mol. The first-order valence-corrected chi connectivity index (χ1v) is 10.8. The van der Waals surface area contributed by atoms with Crippen LogP contribution in [0.4, 0.5) is 4.79 Å². The van der Waals surface area contributed by atoms with E-state index in [1.165, 1.54) is 38.5 Å². The SMILES string of the molecule is O=C(NCc1ccccc1OC1CCCC1)N1CCN(C2CCCC2)CC1. The normalized spacial score (nSPS) is 22.3. The summed E-state index contributed by atoms with van der Waals surface area (Å²) in [5.74, 6) is 0.927. The van der Waals surface area contributed by atoms with Crippen molar-refractivity contribution in [3.63, 3.8) is 0 Å². The molecular formula is C22H33N3O2. The number of amides is 2. The number of ether oxygens (including phenoxy) is 1. The lowest BCUT2D eigenvalue weighted by Gasteiger charge is -2.38. The lowest BCUT2D eigenvalue weighted by Crippen LogP contribution is -2.53. The van der Waals surface area contributed by atoms with Gasteiger partial charge in [0.15, 0.2) is 0 Å². The maximum absolute atomic E-state index is 12.6. The molecule has 0 aromatic heterocycles. The Kier molecular flexibility index (Phi) is 6.17. The fourth-order valence-electron chi connectivity index (χ4n) is 4.79. The van der Waals surface area contributed by atoms with Crippen molar-refractivity contribution < 1.29 is 9.53 Å².